The molecule has 0 saturated heterocycles. The predicted molar refractivity (Wildman–Crippen MR) is 83.0 cm³/mol. The van der Waals surface area contributed by atoms with E-state index in [2.05, 4.69) is 0 Å². The van der Waals surface area contributed by atoms with E-state index < -0.39 is 5.82 Å². The summed E-state index contributed by atoms with van der Waals surface area (Å²) < 4.78 is 13.7. The van der Waals surface area contributed by atoms with E-state index >= 15 is 0 Å². The second kappa shape index (κ2) is 6.92. The molecule has 0 aliphatic rings. The Balaban J connectivity index is 2.00. The Labute approximate surface area is 133 Å². The highest BCUT2D eigenvalue weighted by molar-refractivity contribution is 6.30. The van der Waals surface area contributed by atoms with Crippen molar-refractivity contribution >= 4 is 29.1 Å². The highest BCUT2D eigenvalue weighted by Crippen LogP contribution is 2.16. The SMILES string of the molecule is CN(Cc1ccc(Cl)cc1)C(=O)Cc1ccc(Cl)cc1F. The lowest BCUT2D eigenvalue weighted by Crippen LogP contribution is -2.28. The Kier molecular flexibility index (Phi) is 5.21. The van der Waals surface area contributed by atoms with Gasteiger partial charge in [-0.15, -0.1) is 0 Å². The quantitative estimate of drug-likeness (QED) is 0.819. The maximum absolute atomic E-state index is 13.7. The van der Waals surface area contributed by atoms with Gasteiger partial charge in [0, 0.05) is 23.6 Å². The number of likely N-dealkylation sites (N-methyl/N-ethyl adjacent to an activating group) is 1. The molecule has 2 nitrogen and oxygen atoms in total. The van der Waals surface area contributed by atoms with Crippen LogP contribution in [0.25, 0.3) is 0 Å². The van der Waals surface area contributed by atoms with Crippen LogP contribution in [0, 0.1) is 5.82 Å². The molecule has 0 heterocycles. The number of carbonyl (C=O) groups excluding carboxylic acids is 1. The summed E-state index contributed by atoms with van der Waals surface area (Å²) >= 11 is 11.5. The summed E-state index contributed by atoms with van der Waals surface area (Å²) in [5.74, 6) is -0.623. The van der Waals surface area contributed by atoms with Crippen LogP contribution in [-0.4, -0.2) is 17.9 Å². The lowest BCUT2D eigenvalue weighted by atomic mass is 10.1. The van der Waals surface area contributed by atoms with Crippen LogP contribution in [0.5, 0.6) is 0 Å². The van der Waals surface area contributed by atoms with Crippen LogP contribution in [0.15, 0.2) is 42.5 Å². The maximum Gasteiger partial charge on any atom is 0.227 e. The number of benzene rings is 2. The first-order valence-electron chi connectivity index (χ1n) is 6.38. The first-order chi connectivity index (χ1) is 9.95. The average molecular weight is 326 g/mol. The van der Waals surface area contributed by atoms with E-state index in [0.29, 0.717) is 22.2 Å². The van der Waals surface area contributed by atoms with E-state index in [0.717, 1.165) is 5.56 Å². The first kappa shape index (κ1) is 15.8. The Morgan fingerprint density at radius 3 is 2.33 bits per heavy atom. The molecule has 21 heavy (non-hydrogen) atoms. The van der Waals surface area contributed by atoms with Gasteiger partial charge in [-0.25, -0.2) is 4.39 Å². The van der Waals surface area contributed by atoms with Gasteiger partial charge in [-0.1, -0.05) is 41.4 Å². The van der Waals surface area contributed by atoms with E-state index in [1.54, 1.807) is 30.1 Å². The summed E-state index contributed by atoms with van der Waals surface area (Å²) in [6.45, 7) is 0.450. The minimum absolute atomic E-state index is 0.00704. The summed E-state index contributed by atoms with van der Waals surface area (Å²) in [4.78, 5) is 13.7. The first-order valence-corrected chi connectivity index (χ1v) is 7.13. The van der Waals surface area contributed by atoms with Crippen LogP contribution < -0.4 is 0 Å². The fourth-order valence-electron chi connectivity index (χ4n) is 1.91. The van der Waals surface area contributed by atoms with Crippen LogP contribution in [-0.2, 0) is 17.8 Å². The molecule has 0 bridgehead atoms. The van der Waals surface area contributed by atoms with Crippen LogP contribution in [0.4, 0.5) is 4.39 Å². The average Bonchev–Trinajstić information content (AvgIpc) is 2.44. The number of halogens is 3. The molecule has 0 N–H and O–H groups in total. The zero-order valence-corrected chi connectivity index (χ0v) is 13.0. The Morgan fingerprint density at radius 2 is 1.71 bits per heavy atom. The van der Waals surface area contributed by atoms with Crippen LogP contribution >= 0.6 is 23.2 Å². The second-order valence-corrected chi connectivity index (χ2v) is 5.66. The highest BCUT2D eigenvalue weighted by atomic mass is 35.5. The third kappa shape index (κ3) is 4.45. The number of nitrogens with zero attached hydrogens (tertiary/aromatic N) is 1. The van der Waals surface area contributed by atoms with Gasteiger partial charge in [-0.05, 0) is 35.4 Å². The predicted octanol–water partition coefficient (Wildman–Crippen LogP) is 4.33. The summed E-state index contributed by atoms with van der Waals surface area (Å²) in [5.41, 5.74) is 1.30. The van der Waals surface area contributed by atoms with Crippen molar-refractivity contribution in [2.75, 3.05) is 7.05 Å². The smallest absolute Gasteiger partial charge is 0.227 e. The number of amides is 1. The summed E-state index contributed by atoms with van der Waals surface area (Å²) in [5, 5.41) is 0.967. The molecule has 0 saturated carbocycles. The van der Waals surface area contributed by atoms with Crippen molar-refractivity contribution in [2.45, 2.75) is 13.0 Å². The Bertz CT molecular complexity index is 643. The molecule has 0 aliphatic heterocycles. The third-order valence-electron chi connectivity index (χ3n) is 3.12. The van der Waals surface area contributed by atoms with Crippen molar-refractivity contribution in [2.24, 2.45) is 0 Å². The molecule has 0 radical (unpaired) electrons. The van der Waals surface area contributed by atoms with Crippen LogP contribution in [0.1, 0.15) is 11.1 Å². The molecule has 1 amide bonds. The second-order valence-electron chi connectivity index (χ2n) is 4.79. The molecule has 2 rings (SSSR count). The molecule has 0 unspecified atom stereocenters. The Morgan fingerprint density at radius 1 is 1.10 bits per heavy atom. The largest absolute Gasteiger partial charge is 0.341 e. The van der Waals surface area contributed by atoms with Crippen LogP contribution in [0.2, 0.25) is 10.0 Å². The maximum atomic E-state index is 13.7. The van der Waals surface area contributed by atoms with Gasteiger partial charge in [-0.3, -0.25) is 4.79 Å². The number of hydrogen-bond donors (Lipinski definition) is 0. The van der Waals surface area contributed by atoms with Gasteiger partial charge in [0.15, 0.2) is 0 Å². The molecule has 0 fully saturated rings. The third-order valence-corrected chi connectivity index (χ3v) is 3.60. The molecule has 0 aliphatic carbocycles. The van der Waals surface area contributed by atoms with Gasteiger partial charge in [0.2, 0.25) is 5.91 Å². The standard InChI is InChI=1S/C16H14Cl2FNO/c1-20(10-11-2-5-13(17)6-3-11)16(21)8-12-4-7-14(18)9-15(12)19/h2-7,9H,8,10H2,1H3. The van der Waals surface area contributed by atoms with Gasteiger partial charge < -0.3 is 4.90 Å². The molecule has 0 atom stereocenters. The molecule has 0 spiro atoms. The van der Waals surface area contributed by atoms with Crippen molar-refractivity contribution in [3.05, 3.63) is 69.5 Å². The molecular weight excluding hydrogens is 312 g/mol. The van der Waals surface area contributed by atoms with E-state index in [1.165, 1.54) is 12.1 Å². The Hall–Kier alpha value is -1.58. The van der Waals surface area contributed by atoms with E-state index in [-0.39, 0.29) is 12.3 Å². The van der Waals surface area contributed by atoms with Crippen molar-refractivity contribution in [1.82, 2.24) is 4.90 Å². The van der Waals surface area contributed by atoms with Gasteiger partial charge in [0.05, 0.1) is 6.42 Å². The highest BCUT2D eigenvalue weighted by Gasteiger charge is 2.13. The molecule has 5 heteroatoms. The van der Waals surface area contributed by atoms with Gasteiger partial charge >= 0.3 is 0 Å². The van der Waals surface area contributed by atoms with Crippen molar-refractivity contribution in [1.29, 1.82) is 0 Å². The molecule has 2 aromatic rings. The zero-order chi connectivity index (χ0) is 15.4. The number of hydrogen-bond acceptors (Lipinski definition) is 1. The minimum atomic E-state index is -0.462. The lowest BCUT2D eigenvalue weighted by molar-refractivity contribution is -0.129. The summed E-state index contributed by atoms with van der Waals surface area (Å²) in [6, 6.07) is 11.6. The van der Waals surface area contributed by atoms with Gasteiger partial charge in [0.1, 0.15) is 5.82 Å². The monoisotopic (exact) mass is 325 g/mol. The number of carbonyl (C=O) groups is 1. The van der Waals surface area contributed by atoms with Crippen molar-refractivity contribution in [3.8, 4) is 0 Å². The number of rotatable bonds is 4. The summed E-state index contributed by atoms with van der Waals surface area (Å²) in [6.07, 6.45) is 0.00704. The fourth-order valence-corrected chi connectivity index (χ4v) is 2.20. The van der Waals surface area contributed by atoms with E-state index in [9.17, 15) is 9.18 Å². The van der Waals surface area contributed by atoms with Gasteiger partial charge in [0.25, 0.3) is 0 Å². The van der Waals surface area contributed by atoms with Gasteiger partial charge in [-0.2, -0.15) is 0 Å². The molecular formula is C16H14Cl2FNO. The fraction of sp³-hybridized carbons (Fsp3) is 0.188. The topological polar surface area (TPSA) is 20.3 Å². The zero-order valence-electron chi connectivity index (χ0n) is 11.4. The molecule has 110 valence electrons. The van der Waals surface area contributed by atoms with Crippen molar-refractivity contribution in [3.63, 3.8) is 0 Å². The molecule has 2 aromatic carbocycles. The molecule has 0 aromatic heterocycles. The van der Waals surface area contributed by atoms with E-state index in [4.69, 9.17) is 23.2 Å². The minimum Gasteiger partial charge on any atom is -0.341 e. The normalized spacial score (nSPS) is 10.5. The van der Waals surface area contributed by atoms with Crippen LogP contribution in [0.3, 0.4) is 0 Å². The lowest BCUT2D eigenvalue weighted by Gasteiger charge is -2.17. The summed E-state index contributed by atoms with van der Waals surface area (Å²) in [7, 11) is 1.69. The van der Waals surface area contributed by atoms with E-state index in [1.807, 2.05) is 12.1 Å². The van der Waals surface area contributed by atoms with Crippen molar-refractivity contribution < 1.29 is 9.18 Å².